The Hall–Kier alpha value is -1.50. The van der Waals surface area contributed by atoms with Crippen LogP contribution in [0.4, 0.5) is 0 Å². The number of hydrogen-bond donors (Lipinski definition) is 0. The van der Waals surface area contributed by atoms with E-state index in [1.165, 1.54) is 22.1 Å². The van der Waals surface area contributed by atoms with Gasteiger partial charge < -0.3 is 0 Å². The molecule has 1 unspecified atom stereocenters. The van der Waals surface area contributed by atoms with Crippen LogP contribution in [-0.4, -0.2) is 7.28 Å². The van der Waals surface area contributed by atoms with E-state index in [0.717, 1.165) is 0 Å². The Morgan fingerprint density at radius 2 is 1.12 bits per heavy atom. The van der Waals surface area contributed by atoms with Gasteiger partial charge in [0.15, 0.2) is 7.28 Å². The molecule has 2 aliphatic carbocycles. The summed E-state index contributed by atoms with van der Waals surface area (Å²) in [5, 5.41) is 0. The molecule has 0 nitrogen and oxygen atoms in total. The summed E-state index contributed by atoms with van der Waals surface area (Å²) < 4.78 is 0. The molecule has 0 saturated heterocycles. The molecule has 83 valence electrons. The highest BCUT2D eigenvalue weighted by Gasteiger charge is 2.21. The summed E-state index contributed by atoms with van der Waals surface area (Å²) in [4.78, 5) is 0. The Balaban J connectivity index is 2.04. The summed E-state index contributed by atoms with van der Waals surface area (Å²) in [5.74, 6) is 1.06. The van der Waals surface area contributed by atoms with Crippen molar-refractivity contribution in [3.05, 3.63) is 70.7 Å². The zero-order chi connectivity index (χ0) is 11.8. The smallest absolute Gasteiger partial charge is 0.0784 e. The van der Waals surface area contributed by atoms with Gasteiger partial charge in [0.05, 0.1) is 0 Å². The summed E-state index contributed by atoms with van der Waals surface area (Å²) in [6, 6.07) is 0. The monoisotopic (exact) mass is 219 g/mol. The first kappa shape index (κ1) is 10.6. The lowest BCUT2D eigenvalue weighted by Gasteiger charge is -2.02. The van der Waals surface area contributed by atoms with Gasteiger partial charge in [0.25, 0.3) is 0 Å². The fourth-order valence-electron chi connectivity index (χ4n) is 2.42. The van der Waals surface area contributed by atoms with Gasteiger partial charge in [-0.25, -0.2) is 0 Å². The summed E-state index contributed by atoms with van der Waals surface area (Å²) in [7, 11) is 2.29. The van der Waals surface area contributed by atoms with E-state index in [0.29, 0.717) is 11.8 Å². The third kappa shape index (κ3) is 1.91. The van der Waals surface area contributed by atoms with Crippen LogP contribution in [0.15, 0.2) is 70.7 Å². The van der Waals surface area contributed by atoms with Crippen LogP contribution in [0.5, 0.6) is 0 Å². The predicted molar refractivity (Wildman–Crippen MR) is 74.7 cm³/mol. The van der Waals surface area contributed by atoms with Crippen molar-refractivity contribution in [2.24, 2.45) is 11.8 Å². The van der Waals surface area contributed by atoms with Crippen LogP contribution in [0.2, 0.25) is 0 Å². The van der Waals surface area contributed by atoms with E-state index in [1.807, 2.05) is 0 Å². The summed E-state index contributed by atoms with van der Waals surface area (Å²) in [6.07, 6.45) is 18.1. The summed E-state index contributed by atoms with van der Waals surface area (Å²) in [5.41, 5.74) is 5.44. The van der Waals surface area contributed by atoms with Crippen molar-refractivity contribution in [2.45, 2.75) is 13.8 Å². The second-order valence-corrected chi connectivity index (χ2v) is 5.04. The molecule has 0 saturated carbocycles. The molecule has 2 atom stereocenters. The minimum absolute atomic E-state index is 0.530. The average Bonchev–Trinajstić information content (AvgIpc) is 2.44. The number of rotatable bonds is 0. The highest BCUT2D eigenvalue weighted by molar-refractivity contribution is 6.58. The van der Waals surface area contributed by atoms with Gasteiger partial charge in [-0.15, -0.1) is 0 Å². The van der Waals surface area contributed by atoms with E-state index >= 15 is 0 Å². The first-order chi connectivity index (χ1) is 8.24. The second-order valence-electron chi connectivity index (χ2n) is 5.04. The standard InChI is InChI=1S/C16H16B/c1-11-3-7-13-14-8-4-12(2)6-10-16(14)17-15(13)9-5-11/h3-12H,1-2H3/t11-,12?/m1/s1. The molecule has 1 heteroatoms. The van der Waals surface area contributed by atoms with Crippen molar-refractivity contribution >= 4 is 7.28 Å². The first-order valence-electron chi connectivity index (χ1n) is 6.30. The number of allylic oxidation sites excluding steroid dienone is 12. The molecule has 0 fully saturated rings. The van der Waals surface area contributed by atoms with Gasteiger partial charge >= 0.3 is 0 Å². The Kier molecular flexibility index (Phi) is 2.55. The van der Waals surface area contributed by atoms with Gasteiger partial charge in [-0.2, -0.15) is 0 Å². The Bertz CT molecular complexity index is 476. The second kappa shape index (κ2) is 4.07. The molecule has 17 heavy (non-hydrogen) atoms. The van der Waals surface area contributed by atoms with Gasteiger partial charge in [-0.05, 0) is 23.0 Å². The van der Waals surface area contributed by atoms with Crippen LogP contribution in [-0.2, 0) is 0 Å². The lowest BCUT2D eigenvalue weighted by molar-refractivity contribution is 0.941. The van der Waals surface area contributed by atoms with Gasteiger partial charge in [0.1, 0.15) is 0 Å². The molecule has 0 N–H and O–H groups in total. The quantitative estimate of drug-likeness (QED) is 0.544. The molecule has 1 aliphatic heterocycles. The summed E-state index contributed by atoms with van der Waals surface area (Å²) in [6.45, 7) is 4.44. The molecule has 0 aromatic rings. The highest BCUT2D eigenvalue weighted by atomic mass is 14.2. The molecule has 1 heterocycles. The van der Waals surface area contributed by atoms with Crippen LogP contribution >= 0.6 is 0 Å². The zero-order valence-electron chi connectivity index (χ0n) is 10.4. The molecule has 0 bridgehead atoms. The summed E-state index contributed by atoms with van der Waals surface area (Å²) >= 11 is 0. The van der Waals surface area contributed by atoms with Crippen molar-refractivity contribution < 1.29 is 0 Å². The average molecular weight is 219 g/mol. The minimum Gasteiger partial charge on any atom is -0.0784 e. The van der Waals surface area contributed by atoms with Crippen molar-refractivity contribution in [1.82, 2.24) is 0 Å². The van der Waals surface area contributed by atoms with Crippen molar-refractivity contribution in [3.8, 4) is 0 Å². The van der Waals surface area contributed by atoms with Crippen LogP contribution < -0.4 is 0 Å². The zero-order valence-corrected chi connectivity index (χ0v) is 10.4. The van der Waals surface area contributed by atoms with E-state index in [1.54, 1.807) is 0 Å². The molecule has 0 aromatic carbocycles. The van der Waals surface area contributed by atoms with Crippen molar-refractivity contribution in [2.75, 3.05) is 0 Å². The number of hydrogen-bond acceptors (Lipinski definition) is 0. The first-order valence-corrected chi connectivity index (χ1v) is 6.30. The largest absolute Gasteiger partial charge is 0.193 e. The molecule has 1 radical (unpaired) electrons. The third-order valence-electron chi connectivity index (χ3n) is 3.51. The molecule has 3 rings (SSSR count). The van der Waals surface area contributed by atoms with Crippen LogP contribution in [0.1, 0.15) is 13.8 Å². The van der Waals surface area contributed by atoms with Crippen molar-refractivity contribution in [1.29, 1.82) is 0 Å². The van der Waals surface area contributed by atoms with E-state index < -0.39 is 0 Å². The molecule has 3 aliphatic rings. The maximum atomic E-state index is 2.29. The molecule has 0 amide bonds. The Morgan fingerprint density at radius 1 is 0.706 bits per heavy atom. The fourth-order valence-corrected chi connectivity index (χ4v) is 2.42. The maximum Gasteiger partial charge on any atom is 0.193 e. The van der Waals surface area contributed by atoms with Gasteiger partial charge in [-0.3, -0.25) is 0 Å². The highest BCUT2D eigenvalue weighted by Crippen LogP contribution is 2.34. The number of fused-ring (bicyclic) bond motifs is 1. The lowest BCUT2D eigenvalue weighted by Crippen LogP contribution is -1.93. The van der Waals surface area contributed by atoms with E-state index in [4.69, 9.17) is 0 Å². The Morgan fingerprint density at radius 3 is 1.59 bits per heavy atom. The molecular weight excluding hydrogens is 203 g/mol. The van der Waals surface area contributed by atoms with Crippen LogP contribution in [0, 0.1) is 11.8 Å². The van der Waals surface area contributed by atoms with E-state index in [9.17, 15) is 0 Å². The maximum absolute atomic E-state index is 2.29. The SMILES string of the molecule is CC1C=CC2=C(C=C1)C1=C([B]2)C=C[C@H](C)C=C1. The van der Waals surface area contributed by atoms with Crippen LogP contribution in [0.3, 0.4) is 0 Å². The van der Waals surface area contributed by atoms with Crippen LogP contribution in [0.25, 0.3) is 0 Å². The Labute approximate surface area is 104 Å². The van der Waals surface area contributed by atoms with Gasteiger partial charge in [0.2, 0.25) is 0 Å². The third-order valence-corrected chi connectivity index (χ3v) is 3.51. The van der Waals surface area contributed by atoms with E-state index in [2.05, 4.69) is 69.7 Å². The predicted octanol–water partition coefficient (Wildman–Crippen LogP) is 3.74. The van der Waals surface area contributed by atoms with Gasteiger partial charge in [-0.1, -0.05) is 73.4 Å². The normalized spacial score (nSPS) is 30.0. The van der Waals surface area contributed by atoms with Gasteiger partial charge in [0, 0.05) is 0 Å². The molecular formula is C16H16B. The lowest BCUT2D eigenvalue weighted by atomic mass is 9.65. The molecule has 0 aromatic heterocycles. The fraction of sp³-hybridized carbons (Fsp3) is 0.250. The van der Waals surface area contributed by atoms with Crippen molar-refractivity contribution in [3.63, 3.8) is 0 Å². The topological polar surface area (TPSA) is 0 Å². The van der Waals surface area contributed by atoms with E-state index in [-0.39, 0.29) is 0 Å². The molecule has 0 spiro atoms. The minimum atomic E-state index is 0.530.